The number of hydrogen-bond donors (Lipinski definition) is 2. The van der Waals surface area contributed by atoms with Crippen LogP contribution in [0, 0.1) is 17.8 Å². The standard InChI is InChI=1S/C11H24N2O/c1-7(2)9(5)6-13-11(14)10(12)8(3)4/h7-10H,6,12H2,1-5H3,(H,13,14). The van der Waals surface area contributed by atoms with Crippen molar-refractivity contribution in [2.75, 3.05) is 6.54 Å². The van der Waals surface area contributed by atoms with Gasteiger partial charge in [-0.25, -0.2) is 0 Å². The van der Waals surface area contributed by atoms with E-state index in [1.54, 1.807) is 0 Å². The highest BCUT2D eigenvalue weighted by Gasteiger charge is 2.17. The minimum absolute atomic E-state index is 0.0347. The van der Waals surface area contributed by atoms with Gasteiger partial charge in [-0.2, -0.15) is 0 Å². The summed E-state index contributed by atoms with van der Waals surface area (Å²) in [5, 5.41) is 2.88. The zero-order valence-corrected chi connectivity index (χ0v) is 10.0. The molecule has 0 saturated heterocycles. The van der Waals surface area contributed by atoms with Crippen molar-refractivity contribution in [2.24, 2.45) is 23.5 Å². The number of nitrogens with one attached hydrogen (secondary N) is 1. The van der Waals surface area contributed by atoms with Crippen LogP contribution in [0.3, 0.4) is 0 Å². The van der Waals surface area contributed by atoms with Crippen molar-refractivity contribution in [3.63, 3.8) is 0 Å². The molecule has 3 nitrogen and oxygen atoms in total. The van der Waals surface area contributed by atoms with Gasteiger partial charge in [0.15, 0.2) is 0 Å². The fourth-order valence-corrected chi connectivity index (χ4v) is 0.918. The molecule has 0 aliphatic rings. The molecule has 0 aliphatic heterocycles. The number of carbonyl (C=O) groups excluding carboxylic acids is 1. The summed E-state index contributed by atoms with van der Waals surface area (Å²) in [7, 11) is 0. The zero-order chi connectivity index (χ0) is 11.3. The molecule has 0 aromatic carbocycles. The van der Waals surface area contributed by atoms with Gasteiger partial charge in [0.1, 0.15) is 0 Å². The zero-order valence-electron chi connectivity index (χ0n) is 10.0. The molecule has 0 spiro atoms. The molecule has 0 aromatic rings. The second-order valence-corrected chi connectivity index (χ2v) is 4.74. The third-order valence-corrected chi connectivity index (χ3v) is 2.76. The highest BCUT2D eigenvalue weighted by atomic mass is 16.2. The molecule has 0 aromatic heterocycles. The van der Waals surface area contributed by atoms with Crippen molar-refractivity contribution in [1.82, 2.24) is 5.32 Å². The highest BCUT2D eigenvalue weighted by Crippen LogP contribution is 2.07. The number of amides is 1. The maximum atomic E-state index is 11.5. The van der Waals surface area contributed by atoms with Crippen molar-refractivity contribution < 1.29 is 4.79 Å². The van der Waals surface area contributed by atoms with E-state index in [2.05, 4.69) is 26.1 Å². The van der Waals surface area contributed by atoms with E-state index in [4.69, 9.17) is 5.73 Å². The predicted octanol–water partition coefficient (Wildman–Crippen LogP) is 1.38. The fourth-order valence-electron chi connectivity index (χ4n) is 0.918. The Morgan fingerprint density at radius 2 is 1.64 bits per heavy atom. The SMILES string of the molecule is CC(C)C(C)CNC(=O)C(N)C(C)C. The average molecular weight is 200 g/mol. The Bertz CT molecular complexity index is 178. The first kappa shape index (κ1) is 13.4. The lowest BCUT2D eigenvalue weighted by atomic mass is 9.97. The van der Waals surface area contributed by atoms with E-state index in [1.165, 1.54) is 0 Å². The second kappa shape index (κ2) is 6.02. The first-order chi connectivity index (χ1) is 6.36. The maximum absolute atomic E-state index is 11.5. The molecule has 0 rings (SSSR count). The normalized spacial score (nSPS) is 15.7. The van der Waals surface area contributed by atoms with Crippen molar-refractivity contribution in [3.05, 3.63) is 0 Å². The van der Waals surface area contributed by atoms with Crippen LogP contribution in [0.4, 0.5) is 0 Å². The van der Waals surface area contributed by atoms with Crippen molar-refractivity contribution in [1.29, 1.82) is 0 Å². The Kier molecular flexibility index (Phi) is 5.77. The van der Waals surface area contributed by atoms with E-state index in [0.29, 0.717) is 11.8 Å². The molecule has 1 amide bonds. The van der Waals surface area contributed by atoms with Crippen molar-refractivity contribution in [3.8, 4) is 0 Å². The third kappa shape index (κ3) is 4.61. The van der Waals surface area contributed by atoms with Gasteiger partial charge in [0, 0.05) is 6.54 Å². The van der Waals surface area contributed by atoms with Crippen LogP contribution in [0.15, 0.2) is 0 Å². The first-order valence-corrected chi connectivity index (χ1v) is 5.39. The number of hydrogen-bond acceptors (Lipinski definition) is 2. The predicted molar refractivity (Wildman–Crippen MR) is 59.8 cm³/mol. The van der Waals surface area contributed by atoms with Crippen LogP contribution in [0.2, 0.25) is 0 Å². The van der Waals surface area contributed by atoms with Crippen LogP contribution in [0.5, 0.6) is 0 Å². The van der Waals surface area contributed by atoms with Crippen LogP contribution in [0.1, 0.15) is 34.6 Å². The lowest BCUT2D eigenvalue weighted by molar-refractivity contribution is -0.123. The lowest BCUT2D eigenvalue weighted by Gasteiger charge is -2.19. The summed E-state index contributed by atoms with van der Waals surface area (Å²) in [6.45, 7) is 11.1. The van der Waals surface area contributed by atoms with Gasteiger partial charge >= 0.3 is 0 Å². The number of nitrogens with two attached hydrogens (primary N) is 1. The Morgan fingerprint density at radius 3 is 2.00 bits per heavy atom. The Morgan fingerprint density at radius 1 is 1.14 bits per heavy atom. The summed E-state index contributed by atoms with van der Waals surface area (Å²) in [5.74, 6) is 1.25. The van der Waals surface area contributed by atoms with Gasteiger partial charge in [-0.1, -0.05) is 34.6 Å². The van der Waals surface area contributed by atoms with Crippen molar-refractivity contribution in [2.45, 2.75) is 40.7 Å². The molecule has 0 heterocycles. The summed E-state index contributed by atoms with van der Waals surface area (Å²) >= 11 is 0. The van der Waals surface area contributed by atoms with E-state index in [-0.39, 0.29) is 17.9 Å². The molecule has 0 radical (unpaired) electrons. The van der Waals surface area contributed by atoms with E-state index in [0.717, 1.165) is 6.54 Å². The molecule has 2 atom stereocenters. The molecule has 3 heteroatoms. The van der Waals surface area contributed by atoms with Crippen LogP contribution >= 0.6 is 0 Å². The molecule has 0 bridgehead atoms. The van der Waals surface area contributed by atoms with Crippen LogP contribution in [-0.4, -0.2) is 18.5 Å². The summed E-state index contributed by atoms with van der Waals surface area (Å²) < 4.78 is 0. The molecule has 2 unspecified atom stereocenters. The summed E-state index contributed by atoms with van der Waals surface area (Å²) in [6.07, 6.45) is 0. The molecule has 84 valence electrons. The van der Waals surface area contributed by atoms with Gasteiger partial charge in [-0.05, 0) is 17.8 Å². The van der Waals surface area contributed by atoms with E-state index in [1.807, 2.05) is 13.8 Å². The smallest absolute Gasteiger partial charge is 0.237 e. The monoisotopic (exact) mass is 200 g/mol. The van der Waals surface area contributed by atoms with E-state index < -0.39 is 0 Å². The Labute approximate surface area is 87.4 Å². The molecule has 3 N–H and O–H groups in total. The lowest BCUT2D eigenvalue weighted by Crippen LogP contribution is -2.45. The molecule has 0 fully saturated rings. The van der Waals surface area contributed by atoms with Crippen LogP contribution in [0.25, 0.3) is 0 Å². The van der Waals surface area contributed by atoms with Gasteiger partial charge in [0.05, 0.1) is 6.04 Å². The van der Waals surface area contributed by atoms with E-state index >= 15 is 0 Å². The first-order valence-electron chi connectivity index (χ1n) is 5.39. The van der Waals surface area contributed by atoms with Gasteiger partial charge in [-0.15, -0.1) is 0 Å². The van der Waals surface area contributed by atoms with Crippen molar-refractivity contribution >= 4 is 5.91 Å². The third-order valence-electron chi connectivity index (χ3n) is 2.76. The average Bonchev–Trinajstić information content (AvgIpc) is 2.11. The summed E-state index contributed by atoms with van der Waals surface area (Å²) in [6, 6.07) is -0.380. The number of carbonyl (C=O) groups is 1. The minimum Gasteiger partial charge on any atom is -0.354 e. The van der Waals surface area contributed by atoms with Gasteiger partial charge in [0.2, 0.25) is 5.91 Å². The molecular formula is C11H24N2O. The fraction of sp³-hybridized carbons (Fsp3) is 0.909. The molecule has 14 heavy (non-hydrogen) atoms. The van der Waals surface area contributed by atoms with Gasteiger partial charge in [0.25, 0.3) is 0 Å². The topological polar surface area (TPSA) is 55.1 Å². The molecule has 0 saturated carbocycles. The summed E-state index contributed by atoms with van der Waals surface area (Å²) in [4.78, 5) is 11.5. The van der Waals surface area contributed by atoms with E-state index in [9.17, 15) is 4.79 Å². The highest BCUT2D eigenvalue weighted by molar-refractivity contribution is 5.81. The summed E-state index contributed by atoms with van der Waals surface area (Å²) in [5.41, 5.74) is 5.71. The second-order valence-electron chi connectivity index (χ2n) is 4.74. The Hall–Kier alpha value is -0.570. The molecular weight excluding hydrogens is 176 g/mol. The van der Waals surface area contributed by atoms with Gasteiger partial charge in [-0.3, -0.25) is 4.79 Å². The quantitative estimate of drug-likeness (QED) is 0.704. The molecule has 0 aliphatic carbocycles. The van der Waals surface area contributed by atoms with Gasteiger partial charge < -0.3 is 11.1 Å². The number of rotatable bonds is 5. The maximum Gasteiger partial charge on any atom is 0.237 e. The largest absolute Gasteiger partial charge is 0.354 e. The van der Waals surface area contributed by atoms with Crippen LogP contribution < -0.4 is 11.1 Å². The minimum atomic E-state index is -0.380. The Balaban J connectivity index is 3.85. The van der Waals surface area contributed by atoms with Crippen LogP contribution in [-0.2, 0) is 4.79 Å².